The van der Waals surface area contributed by atoms with Crippen molar-refractivity contribution in [3.8, 4) is 0 Å². The number of nitrogens with zero attached hydrogens (tertiary/aromatic N) is 3. The minimum Gasteiger partial charge on any atom is -0.432 e. The van der Waals surface area contributed by atoms with Crippen LogP contribution in [-0.2, 0) is 0 Å². The molecule has 0 radical (unpaired) electrons. The summed E-state index contributed by atoms with van der Waals surface area (Å²) in [5, 5.41) is 2.74. The maximum atomic E-state index is 13.8. The molecule has 0 atom stereocenters. The van der Waals surface area contributed by atoms with Crippen molar-refractivity contribution in [2.24, 2.45) is 0 Å². The van der Waals surface area contributed by atoms with Gasteiger partial charge in [-0.05, 0) is 61.4 Å². The van der Waals surface area contributed by atoms with Gasteiger partial charge in [-0.3, -0.25) is 14.7 Å². The molecular weight excluding hydrogens is 383 g/mol. The minimum atomic E-state index is -0.370. The zero-order chi connectivity index (χ0) is 21.1. The van der Waals surface area contributed by atoms with Crippen LogP contribution in [0.1, 0.15) is 21.5 Å². The molecule has 0 aliphatic rings. The van der Waals surface area contributed by atoms with Gasteiger partial charge in [0.15, 0.2) is 0 Å². The second-order valence-corrected chi connectivity index (χ2v) is 6.77. The fourth-order valence-corrected chi connectivity index (χ4v) is 3.04. The Bertz CT molecular complexity index is 1180. The standard InChI is InChI=1S/C23H19FN4O2/c1-15-4-6-18(14-20(15)24)27-22(29)17-5-3-16(2)21(13-17)28(23-26-11-12-30-23)19-7-9-25-10-8-19/h3-14H,1-2H3,(H,27,29). The molecule has 0 saturated carbocycles. The molecule has 1 amide bonds. The minimum absolute atomic E-state index is 0.346. The molecule has 0 unspecified atom stereocenters. The summed E-state index contributed by atoms with van der Waals surface area (Å²) in [7, 11) is 0. The molecule has 4 aromatic rings. The Morgan fingerprint density at radius 1 is 1.00 bits per heavy atom. The van der Waals surface area contributed by atoms with Crippen LogP contribution >= 0.6 is 0 Å². The number of aryl methyl sites for hydroxylation is 2. The SMILES string of the molecule is Cc1ccc(NC(=O)c2ccc(C)c(N(c3ccncc3)c3ncco3)c2)cc1F. The molecule has 0 spiro atoms. The van der Waals surface area contributed by atoms with E-state index in [9.17, 15) is 9.18 Å². The van der Waals surface area contributed by atoms with E-state index in [4.69, 9.17) is 4.42 Å². The third kappa shape index (κ3) is 3.91. The number of amides is 1. The number of aromatic nitrogens is 2. The molecule has 0 bridgehead atoms. The number of carbonyl (C=O) groups excluding carboxylic acids is 1. The van der Waals surface area contributed by atoms with E-state index in [1.54, 1.807) is 54.7 Å². The van der Waals surface area contributed by atoms with Gasteiger partial charge in [0, 0.05) is 23.6 Å². The van der Waals surface area contributed by atoms with E-state index < -0.39 is 0 Å². The van der Waals surface area contributed by atoms with Crippen LogP contribution in [0.2, 0.25) is 0 Å². The first-order chi connectivity index (χ1) is 14.5. The predicted molar refractivity (Wildman–Crippen MR) is 113 cm³/mol. The number of halogens is 1. The highest BCUT2D eigenvalue weighted by molar-refractivity contribution is 6.05. The van der Waals surface area contributed by atoms with Crippen molar-refractivity contribution in [2.75, 3.05) is 10.2 Å². The number of benzene rings is 2. The van der Waals surface area contributed by atoms with Crippen LogP contribution in [0.3, 0.4) is 0 Å². The van der Waals surface area contributed by atoms with Crippen LogP contribution in [0.5, 0.6) is 0 Å². The van der Waals surface area contributed by atoms with Crippen LogP contribution < -0.4 is 10.2 Å². The van der Waals surface area contributed by atoms with Gasteiger partial charge in [-0.2, -0.15) is 0 Å². The highest BCUT2D eigenvalue weighted by Gasteiger charge is 2.20. The van der Waals surface area contributed by atoms with Gasteiger partial charge in [0.05, 0.1) is 17.6 Å². The van der Waals surface area contributed by atoms with Crippen molar-refractivity contribution in [2.45, 2.75) is 13.8 Å². The summed E-state index contributed by atoms with van der Waals surface area (Å²) in [5.41, 5.74) is 3.76. The molecule has 2 aromatic heterocycles. The highest BCUT2D eigenvalue weighted by Crippen LogP contribution is 2.35. The van der Waals surface area contributed by atoms with Crippen LogP contribution in [0.15, 0.2) is 77.8 Å². The molecule has 6 nitrogen and oxygen atoms in total. The summed E-state index contributed by atoms with van der Waals surface area (Å²) < 4.78 is 19.4. The molecule has 0 aliphatic carbocycles. The van der Waals surface area contributed by atoms with Crippen LogP contribution in [-0.4, -0.2) is 15.9 Å². The quantitative estimate of drug-likeness (QED) is 0.474. The lowest BCUT2D eigenvalue weighted by molar-refractivity contribution is 0.102. The predicted octanol–water partition coefficient (Wildman–Crippen LogP) is 5.55. The number of oxazole rings is 1. The fraction of sp³-hybridized carbons (Fsp3) is 0.0870. The van der Waals surface area contributed by atoms with Crippen LogP contribution in [0, 0.1) is 19.7 Å². The number of rotatable bonds is 5. The summed E-state index contributed by atoms with van der Waals surface area (Å²) in [6.45, 7) is 3.60. The zero-order valence-corrected chi connectivity index (χ0v) is 16.5. The lowest BCUT2D eigenvalue weighted by Crippen LogP contribution is -2.15. The molecule has 0 saturated heterocycles. The molecule has 7 heteroatoms. The van der Waals surface area contributed by atoms with Crippen molar-refractivity contribution in [1.29, 1.82) is 0 Å². The monoisotopic (exact) mass is 402 g/mol. The first-order valence-electron chi connectivity index (χ1n) is 9.31. The average Bonchev–Trinajstić information content (AvgIpc) is 3.27. The molecule has 150 valence electrons. The van der Waals surface area contributed by atoms with Crippen molar-refractivity contribution in [3.05, 3.63) is 95.9 Å². The first-order valence-corrected chi connectivity index (χ1v) is 9.31. The molecule has 2 aromatic carbocycles. The van der Waals surface area contributed by atoms with E-state index in [1.807, 2.05) is 25.1 Å². The lowest BCUT2D eigenvalue weighted by Gasteiger charge is -2.23. The van der Waals surface area contributed by atoms with Crippen LogP contribution in [0.4, 0.5) is 27.5 Å². The summed E-state index contributed by atoms with van der Waals surface area (Å²) >= 11 is 0. The number of nitrogens with one attached hydrogen (secondary N) is 1. The molecule has 30 heavy (non-hydrogen) atoms. The van der Waals surface area contributed by atoms with E-state index in [2.05, 4.69) is 15.3 Å². The molecule has 0 fully saturated rings. The number of carbonyl (C=O) groups is 1. The van der Waals surface area contributed by atoms with Gasteiger partial charge < -0.3 is 9.73 Å². The number of hydrogen-bond acceptors (Lipinski definition) is 5. The number of anilines is 4. The highest BCUT2D eigenvalue weighted by atomic mass is 19.1. The molecule has 0 aliphatic heterocycles. The fourth-order valence-electron chi connectivity index (χ4n) is 3.04. The van der Waals surface area contributed by atoms with E-state index in [0.717, 1.165) is 16.9 Å². The maximum Gasteiger partial charge on any atom is 0.306 e. The largest absolute Gasteiger partial charge is 0.432 e. The van der Waals surface area contributed by atoms with Crippen molar-refractivity contribution in [1.82, 2.24) is 9.97 Å². The Balaban J connectivity index is 1.71. The van der Waals surface area contributed by atoms with Crippen molar-refractivity contribution < 1.29 is 13.6 Å². The van der Waals surface area contributed by atoms with Gasteiger partial charge in [0.1, 0.15) is 12.1 Å². The van der Waals surface area contributed by atoms with E-state index in [1.165, 1.54) is 12.3 Å². The van der Waals surface area contributed by atoms with E-state index in [-0.39, 0.29) is 11.7 Å². The summed E-state index contributed by atoms with van der Waals surface area (Å²) in [6.07, 6.45) is 6.38. The van der Waals surface area contributed by atoms with Crippen molar-refractivity contribution >= 4 is 29.0 Å². The zero-order valence-electron chi connectivity index (χ0n) is 16.5. The topological polar surface area (TPSA) is 71.3 Å². The smallest absolute Gasteiger partial charge is 0.306 e. The van der Waals surface area contributed by atoms with Gasteiger partial charge in [-0.25, -0.2) is 9.37 Å². The normalized spacial score (nSPS) is 10.6. The lowest BCUT2D eigenvalue weighted by atomic mass is 10.1. The Morgan fingerprint density at radius 3 is 2.47 bits per heavy atom. The Labute approximate surface area is 173 Å². The number of hydrogen-bond donors (Lipinski definition) is 1. The Morgan fingerprint density at radius 2 is 1.77 bits per heavy atom. The van der Waals surface area contributed by atoms with Gasteiger partial charge in [-0.1, -0.05) is 12.1 Å². The summed E-state index contributed by atoms with van der Waals surface area (Å²) in [4.78, 5) is 22.9. The Hall–Kier alpha value is -4.00. The Kier molecular flexibility index (Phi) is 5.26. The van der Waals surface area contributed by atoms with E-state index in [0.29, 0.717) is 22.8 Å². The van der Waals surface area contributed by atoms with Gasteiger partial charge >= 0.3 is 6.01 Å². The molecule has 2 heterocycles. The first kappa shape index (κ1) is 19.3. The number of pyridine rings is 1. The third-order valence-corrected chi connectivity index (χ3v) is 4.67. The van der Waals surface area contributed by atoms with Crippen LogP contribution in [0.25, 0.3) is 0 Å². The molecule has 1 N–H and O–H groups in total. The summed E-state index contributed by atoms with van der Waals surface area (Å²) in [6, 6.07) is 13.9. The molecule has 4 rings (SSSR count). The third-order valence-electron chi connectivity index (χ3n) is 4.67. The van der Waals surface area contributed by atoms with Gasteiger partial charge in [-0.15, -0.1) is 0 Å². The maximum absolute atomic E-state index is 13.8. The summed E-state index contributed by atoms with van der Waals surface area (Å²) in [5.74, 6) is -0.716. The van der Waals surface area contributed by atoms with E-state index >= 15 is 0 Å². The molecular formula is C23H19FN4O2. The second-order valence-electron chi connectivity index (χ2n) is 6.77. The second kappa shape index (κ2) is 8.16. The van der Waals surface area contributed by atoms with Gasteiger partial charge in [0.25, 0.3) is 5.91 Å². The average molecular weight is 402 g/mol. The van der Waals surface area contributed by atoms with Crippen molar-refractivity contribution in [3.63, 3.8) is 0 Å². The van der Waals surface area contributed by atoms with Gasteiger partial charge in [0.2, 0.25) is 0 Å².